The molecule has 1 aliphatic carbocycles. The lowest BCUT2D eigenvalue weighted by molar-refractivity contribution is 0.546. The monoisotopic (exact) mass is 242 g/mol. The van der Waals surface area contributed by atoms with Crippen LogP contribution in [-0.2, 0) is 5.41 Å². The molecule has 2 aromatic rings. The van der Waals surface area contributed by atoms with E-state index in [2.05, 4.69) is 31.8 Å². The second-order valence-corrected chi connectivity index (χ2v) is 6.18. The van der Waals surface area contributed by atoms with Crippen molar-refractivity contribution in [3.63, 3.8) is 0 Å². The molecule has 0 radical (unpaired) electrons. The van der Waals surface area contributed by atoms with Gasteiger partial charge >= 0.3 is 0 Å². The van der Waals surface area contributed by atoms with Gasteiger partial charge in [-0.05, 0) is 30.4 Å². The molecule has 3 rings (SSSR count). The van der Waals surface area contributed by atoms with Gasteiger partial charge in [-0.1, -0.05) is 32.9 Å². The number of hydrogen-bond acceptors (Lipinski definition) is 2. The second-order valence-electron chi connectivity index (χ2n) is 6.18. The minimum atomic E-state index is -0.135. The zero-order valence-corrected chi connectivity index (χ0v) is 11.1. The number of benzene rings is 1. The Labute approximate surface area is 106 Å². The number of nitrogens with zero attached hydrogens (tertiary/aromatic N) is 1. The van der Waals surface area contributed by atoms with Crippen LogP contribution in [0.4, 0.5) is 0 Å². The minimum Gasteiger partial charge on any atom is -0.310 e. The highest BCUT2D eigenvalue weighted by Gasteiger charge is 2.27. The molecule has 1 heterocycles. The van der Waals surface area contributed by atoms with Gasteiger partial charge in [0, 0.05) is 5.41 Å². The van der Waals surface area contributed by atoms with Crippen LogP contribution in [0.1, 0.15) is 50.9 Å². The first-order valence-corrected chi connectivity index (χ1v) is 6.50. The molecule has 0 amide bonds. The molecule has 1 aromatic heterocycles. The van der Waals surface area contributed by atoms with Crippen LogP contribution in [0.5, 0.6) is 0 Å². The van der Waals surface area contributed by atoms with Gasteiger partial charge in [0.25, 0.3) is 5.56 Å². The first kappa shape index (κ1) is 11.5. The van der Waals surface area contributed by atoms with Crippen molar-refractivity contribution in [3.05, 3.63) is 39.9 Å². The molecule has 0 bridgehead atoms. The van der Waals surface area contributed by atoms with E-state index in [-0.39, 0.29) is 11.0 Å². The minimum absolute atomic E-state index is 0.0209. The third kappa shape index (κ3) is 1.84. The Morgan fingerprint density at radius 2 is 2.00 bits per heavy atom. The van der Waals surface area contributed by atoms with Gasteiger partial charge in [-0.15, -0.1) is 0 Å². The molecule has 1 fully saturated rings. The molecular weight excluding hydrogens is 224 g/mol. The Morgan fingerprint density at radius 3 is 2.61 bits per heavy atom. The molecule has 1 N–H and O–H groups in total. The lowest BCUT2D eigenvalue weighted by Gasteiger charge is -2.18. The third-order valence-corrected chi connectivity index (χ3v) is 3.49. The highest BCUT2D eigenvalue weighted by molar-refractivity contribution is 5.81. The Hall–Kier alpha value is -1.64. The summed E-state index contributed by atoms with van der Waals surface area (Å²) >= 11 is 0. The van der Waals surface area contributed by atoms with Gasteiger partial charge in [0.1, 0.15) is 5.82 Å². The Bertz CT molecular complexity index is 660. The molecule has 3 heteroatoms. The van der Waals surface area contributed by atoms with Crippen LogP contribution in [0.3, 0.4) is 0 Å². The van der Waals surface area contributed by atoms with Gasteiger partial charge in [0.05, 0.1) is 10.9 Å². The largest absolute Gasteiger partial charge is 0.310 e. The maximum atomic E-state index is 12.1. The highest BCUT2D eigenvalue weighted by atomic mass is 16.1. The van der Waals surface area contributed by atoms with Crippen LogP contribution in [0, 0.1) is 0 Å². The number of aromatic amines is 1. The summed E-state index contributed by atoms with van der Waals surface area (Å²) in [6.45, 7) is 6.20. The van der Waals surface area contributed by atoms with Crippen molar-refractivity contribution in [2.75, 3.05) is 0 Å². The smallest absolute Gasteiger partial charge is 0.258 e. The summed E-state index contributed by atoms with van der Waals surface area (Å²) in [7, 11) is 0. The van der Waals surface area contributed by atoms with E-state index in [0.717, 1.165) is 11.3 Å². The Kier molecular flexibility index (Phi) is 2.34. The fourth-order valence-electron chi connectivity index (χ4n) is 2.26. The number of aromatic nitrogens is 2. The van der Waals surface area contributed by atoms with Crippen molar-refractivity contribution in [2.45, 2.75) is 44.9 Å². The first-order valence-electron chi connectivity index (χ1n) is 6.50. The van der Waals surface area contributed by atoms with Crippen LogP contribution in [0.2, 0.25) is 0 Å². The first-order chi connectivity index (χ1) is 8.47. The van der Waals surface area contributed by atoms with E-state index in [1.54, 1.807) is 0 Å². The Morgan fingerprint density at radius 1 is 1.28 bits per heavy atom. The molecule has 1 saturated carbocycles. The van der Waals surface area contributed by atoms with E-state index < -0.39 is 0 Å². The van der Waals surface area contributed by atoms with Crippen LogP contribution in [0.25, 0.3) is 10.9 Å². The van der Waals surface area contributed by atoms with Crippen LogP contribution >= 0.6 is 0 Å². The van der Waals surface area contributed by atoms with E-state index >= 15 is 0 Å². The lowest BCUT2D eigenvalue weighted by Crippen LogP contribution is -2.22. The molecule has 0 atom stereocenters. The standard InChI is InChI=1S/C15H18N2O/c1-15(2,3)14-16-12-10(9-7-8-9)5-4-6-11(12)13(18)17-14/h4-6,9H,7-8H2,1-3H3,(H,16,17,18). The van der Waals surface area contributed by atoms with Crippen molar-refractivity contribution < 1.29 is 0 Å². The number of rotatable bonds is 1. The fourth-order valence-corrected chi connectivity index (χ4v) is 2.26. The van der Waals surface area contributed by atoms with Gasteiger partial charge in [0.15, 0.2) is 0 Å². The molecule has 0 saturated heterocycles. The fraction of sp³-hybridized carbons (Fsp3) is 0.467. The van der Waals surface area contributed by atoms with Gasteiger partial charge in [0.2, 0.25) is 0 Å². The summed E-state index contributed by atoms with van der Waals surface area (Å²) in [5.74, 6) is 1.38. The number of H-pyrrole nitrogens is 1. The number of fused-ring (bicyclic) bond motifs is 1. The summed E-state index contributed by atoms with van der Waals surface area (Å²) in [5, 5.41) is 0.715. The summed E-state index contributed by atoms with van der Waals surface area (Å²) in [6, 6.07) is 5.93. The molecule has 0 unspecified atom stereocenters. The second kappa shape index (κ2) is 3.67. The van der Waals surface area contributed by atoms with Gasteiger partial charge in [-0.2, -0.15) is 0 Å². The van der Waals surface area contributed by atoms with E-state index in [9.17, 15) is 4.79 Å². The number of para-hydroxylation sites is 1. The van der Waals surface area contributed by atoms with Gasteiger partial charge in [-0.25, -0.2) is 4.98 Å². The zero-order chi connectivity index (χ0) is 12.9. The average Bonchev–Trinajstić information content (AvgIpc) is 3.11. The van der Waals surface area contributed by atoms with Crippen LogP contribution in [-0.4, -0.2) is 9.97 Å². The molecular formula is C15H18N2O. The molecule has 1 aliphatic rings. The molecule has 0 spiro atoms. The van der Waals surface area contributed by atoms with Crippen molar-refractivity contribution in [1.29, 1.82) is 0 Å². The van der Waals surface area contributed by atoms with E-state index in [1.807, 2.05) is 12.1 Å². The lowest BCUT2D eigenvalue weighted by atomic mass is 9.95. The molecule has 0 aliphatic heterocycles. The third-order valence-electron chi connectivity index (χ3n) is 3.49. The van der Waals surface area contributed by atoms with Crippen LogP contribution < -0.4 is 5.56 Å². The predicted molar refractivity (Wildman–Crippen MR) is 73.0 cm³/mol. The SMILES string of the molecule is CC(C)(C)c1nc2c(C3CC3)cccc2c(=O)[nH]1. The average molecular weight is 242 g/mol. The maximum absolute atomic E-state index is 12.1. The van der Waals surface area contributed by atoms with Crippen molar-refractivity contribution in [1.82, 2.24) is 9.97 Å². The summed E-state index contributed by atoms with van der Waals surface area (Å²) < 4.78 is 0. The summed E-state index contributed by atoms with van der Waals surface area (Å²) in [6.07, 6.45) is 2.44. The molecule has 18 heavy (non-hydrogen) atoms. The number of hydrogen-bond donors (Lipinski definition) is 1. The van der Waals surface area contributed by atoms with Crippen LogP contribution in [0.15, 0.2) is 23.0 Å². The summed E-state index contributed by atoms with van der Waals surface area (Å²) in [4.78, 5) is 19.8. The topological polar surface area (TPSA) is 45.8 Å². The van der Waals surface area contributed by atoms with Gasteiger partial charge in [-0.3, -0.25) is 4.79 Å². The quantitative estimate of drug-likeness (QED) is 0.835. The Balaban J connectivity index is 2.33. The normalized spacial score (nSPS) is 16.2. The zero-order valence-electron chi connectivity index (χ0n) is 11.1. The van der Waals surface area contributed by atoms with Gasteiger partial charge < -0.3 is 4.98 Å². The summed E-state index contributed by atoms with van der Waals surface area (Å²) in [5.41, 5.74) is 1.98. The van der Waals surface area contributed by atoms with Crippen molar-refractivity contribution >= 4 is 10.9 Å². The van der Waals surface area contributed by atoms with E-state index in [0.29, 0.717) is 11.3 Å². The number of nitrogens with one attached hydrogen (secondary N) is 1. The molecule has 1 aromatic carbocycles. The van der Waals surface area contributed by atoms with Crippen molar-refractivity contribution in [2.24, 2.45) is 0 Å². The van der Waals surface area contributed by atoms with E-state index in [1.165, 1.54) is 18.4 Å². The maximum Gasteiger partial charge on any atom is 0.258 e. The molecule has 94 valence electrons. The molecule has 3 nitrogen and oxygen atoms in total. The van der Waals surface area contributed by atoms with E-state index in [4.69, 9.17) is 4.98 Å². The highest BCUT2D eigenvalue weighted by Crippen LogP contribution is 2.42. The predicted octanol–water partition coefficient (Wildman–Crippen LogP) is 3.10. The van der Waals surface area contributed by atoms with Crippen molar-refractivity contribution in [3.8, 4) is 0 Å².